The first-order chi connectivity index (χ1) is 18.4. The summed E-state index contributed by atoms with van der Waals surface area (Å²) in [5.41, 5.74) is 0.774. The molecule has 0 spiro atoms. The summed E-state index contributed by atoms with van der Waals surface area (Å²) in [4.78, 5) is 18.2. The maximum Gasteiger partial charge on any atom is 0.416 e. The predicted octanol–water partition coefficient (Wildman–Crippen LogP) is 5.81. The molecule has 6 nitrogen and oxygen atoms in total. The van der Waals surface area contributed by atoms with E-state index in [1.54, 1.807) is 49.4 Å². The predicted molar refractivity (Wildman–Crippen MR) is 140 cm³/mol. The molecule has 202 valence electrons. The molecule has 1 aliphatic rings. The zero-order valence-corrected chi connectivity index (χ0v) is 22.2. The summed E-state index contributed by atoms with van der Waals surface area (Å²) in [6.45, 7) is 3.61. The average molecular weight is 555 g/mol. The molecule has 1 fully saturated rings. The molecule has 4 aromatic rings. The third-order valence-corrected chi connectivity index (χ3v) is 8.58. The summed E-state index contributed by atoms with van der Waals surface area (Å²) in [7, 11) is -2.90. The second kappa shape index (κ2) is 9.37. The molecule has 0 bridgehead atoms. The number of halogens is 3. The molecule has 0 unspecified atom stereocenters. The topological polar surface area (TPSA) is 85.4 Å². The molecule has 3 aromatic carbocycles. The summed E-state index contributed by atoms with van der Waals surface area (Å²) in [5, 5.41) is 0.362. The molecule has 5 rings (SSSR count). The van der Waals surface area contributed by atoms with Crippen molar-refractivity contribution in [1.29, 1.82) is 0 Å². The van der Waals surface area contributed by atoms with E-state index in [0.717, 1.165) is 17.7 Å². The van der Waals surface area contributed by atoms with Crippen LogP contribution < -0.4 is 9.46 Å². The minimum Gasteiger partial charge on any atom is -0.496 e. The standard InChI is InChI=1S/C29H25F3N2O4S/c1-17-7-14-25(38-3)22(15-17)28(16-23(28)19-9-11-20(12-10-19)29(30,31)32)27(35)34-39(36,37)26-6-4-5-24-21(26)13-8-18(2)33-24/h4-15,23H,16H2,1-3H3,(H,34,35)/t23-,28+/m0/s1. The van der Waals surface area contributed by atoms with Crippen molar-refractivity contribution in [3.63, 3.8) is 0 Å². The van der Waals surface area contributed by atoms with Crippen LogP contribution in [0.1, 0.15) is 40.3 Å². The zero-order chi connectivity index (χ0) is 28.2. The summed E-state index contributed by atoms with van der Waals surface area (Å²) < 4.78 is 74.3. The van der Waals surface area contributed by atoms with Crippen molar-refractivity contribution in [2.45, 2.75) is 42.7 Å². The maximum absolute atomic E-state index is 14.0. The molecule has 0 aliphatic heterocycles. The Bertz CT molecular complexity index is 1700. The summed E-state index contributed by atoms with van der Waals surface area (Å²) in [6, 6.07) is 17.8. The first kappa shape index (κ1) is 26.7. The Morgan fingerprint density at radius 2 is 1.74 bits per heavy atom. The van der Waals surface area contributed by atoms with Crippen LogP contribution in [0.25, 0.3) is 10.9 Å². The van der Waals surface area contributed by atoms with E-state index >= 15 is 0 Å². The SMILES string of the molecule is COc1ccc(C)cc1[C@]1(C(=O)NS(=O)(=O)c2cccc3nc(C)ccc23)C[C@H]1c1ccc(C(F)(F)F)cc1. The van der Waals surface area contributed by atoms with Gasteiger partial charge in [0.1, 0.15) is 5.75 Å². The third-order valence-electron chi connectivity index (χ3n) is 7.19. The summed E-state index contributed by atoms with van der Waals surface area (Å²) in [6.07, 6.45) is -4.31. The first-order valence-electron chi connectivity index (χ1n) is 12.1. The van der Waals surface area contributed by atoms with Crippen LogP contribution in [0, 0.1) is 13.8 Å². The van der Waals surface area contributed by atoms with Crippen LogP contribution in [0.15, 0.2) is 77.7 Å². The summed E-state index contributed by atoms with van der Waals surface area (Å²) in [5.74, 6) is -0.969. The van der Waals surface area contributed by atoms with Gasteiger partial charge >= 0.3 is 6.18 Å². The highest BCUT2D eigenvalue weighted by atomic mass is 32.2. The van der Waals surface area contributed by atoms with Crippen LogP contribution in [0.2, 0.25) is 0 Å². The van der Waals surface area contributed by atoms with Crippen LogP contribution in [0.5, 0.6) is 5.75 Å². The molecular formula is C29H25F3N2O4S. The minimum atomic E-state index is -4.50. The number of rotatable bonds is 6. The van der Waals surface area contributed by atoms with E-state index in [2.05, 4.69) is 9.71 Å². The molecule has 1 heterocycles. The average Bonchev–Trinajstić information content (AvgIpc) is 3.64. The van der Waals surface area contributed by atoms with E-state index < -0.39 is 39.0 Å². The van der Waals surface area contributed by atoms with E-state index in [9.17, 15) is 26.4 Å². The van der Waals surface area contributed by atoms with Gasteiger partial charge < -0.3 is 4.74 Å². The third kappa shape index (κ3) is 4.73. The number of alkyl halides is 3. The lowest BCUT2D eigenvalue weighted by molar-refractivity contribution is -0.137. The molecule has 1 N–H and O–H groups in total. The molecule has 0 saturated heterocycles. The number of aromatic nitrogens is 1. The molecule has 1 amide bonds. The number of nitrogens with zero attached hydrogens (tertiary/aromatic N) is 1. The largest absolute Gasteiger partial charge is 0.496 e. The second-order valence-corrected chi connectivity index (χ2v) is 11.4. The number of hydrogen-bond acceptors (Lipinski definition) is 5. The number of methoxy groups -OCH3 is 1. The zero-order valence-electron chi connectivity index (χ0n) is 21.3. The number of fused-ring (bicyclic) bond motifs is 1. The normalized spacial score (nSPS) is 19.1. The number of carbonyl (C=O) groups is 1. The van der Waals surface area contributed by atoms with Gasteiger partial charge in [0.2, 0.25) is 5.91 Å². The highest BCUT2D eigenvalue weighted by Crippen LogP contribution is 2.62. The monoisotopic (exact) mass is 554 g/mol. The van der Waals surface area contributed by atoms with Crippen molar-refractivity contribution in [3.05, 3.63) is 101 Å². The lowest BCUT2D eigenvalue weighted by atomic mass is 9.88. The number of nitrogens with one attached hydrogen (secondary N) is 1. The van der Waals surface area contributed by atoms with Gasteiger partial charge in [-0.2, -0.15) is 13.2 Å². The molecule has 39 heavy (non-hydrogen) atoms. The number of carbonyl (C=O) groups excluding carboxylic acids is 1. The fraction of sp³-hybridized carbons (Fsp3) is 0.241. The van der Waals surface area contributed by atoms with Gasteiger partial charge in [0.05, 0.1) is 28.5 Å². The molecule has 10 heteroatoms. The van der Waals surface area contributed by atoms with Gasteiger partial charge in [-0.3, -0.25) is 9.78 Å². The Morgan fingerprint density at radius 1 is 1.03 bits per heavy atom. The van der Waals surface area contributed by atoms with Gasteiger partial charge in [0, 0.05) is 22.6 Å². The van der Waals surface area contributed by atoms with Gasteiger partial charge in [0.15, 0.2) is 0 Å². The van der Waals surface area contributed by atoms with Crippen molar-refractivity contribution in [2.24, 2.45) is 0 Å². The van der Waals surface area contributed by atoms with Crippen molar-refractivity contribution in [2.75, 3.05) is 7.11 Å². The number of pyridine rings is 1. The lowest BCUT2D eigenvalue weighted by Gasteiger charge is -2.22. The number of hydrogen-bond donors (Lipinski definition) is 1. The quantitative estimate of drug-likeness (QED) is 0.325. The Hall–Kier alpha value is -3.92. The van der Waals surface area contributed by atoms with Gasteiger partial charge in [-0.25, -0.2) is 13.1 Å². The Labute approximate surface area is 223 Å². The van der Waals surface area contributed by atoms with Crippen LogP contribution in [0.4, 0.5) is 13.2 Å². The van der Waals surface area contributed by atoms with Crippen LogP contribution >= 0.6 is 0 Å². The lowest BCUT2D eigenvalue weighted by Crippen LogP contribution is -2.40. The molecule has 1 aliphatic carbocycles. The number of aryl methyl sites for hydroxylation is 2. The Kier molecular flexibility index (Phi) is 6.41. The van der Waals surface area contributed by atoms with E-state index in [4.69, 9.17) is 4.74 Å². The number of amides is 1. The highest BCUT2D eigenvalue weighted by Gasteiger charge is 2.63. The summed E-state index contributed by atoms with van der Waals surface area (Å²) >= 11 is 0. The van der Waals surface area contributed by atoms with E-state index in [1.807, 2.05) is 6.92 Å². The Balaban J connectivity index is 1.58. The molecular weight excluding hydrogens is 529 g/mol. The molecule has 2 atom stereocenters. The van der Waals surface area contributed by atoms with E-state index in [-0.39, 0.29) is 11.3 Å². The van der Waals surface area contributed by atoms with Gasteiger partial charge in [-0.05, 0) is 68.3 Å². The number of benzene rings is 3. The second-order valence-electron chi connectivity index (χ2n) is 9.76. The van der Waals surface area contributed by atoms with Crippen LogP contribution in [-0.4, -0.2) is 26.4 Å². The van der Waals surface area contributed by atoms with Gasteiger partial charge in [0.25, 0.3) is 10.0 Å². The van der Waals surface area contributed by atoms with Crippen LogP contribution in [-0.2, 0) is 26.4 Å². The smallest absolute Gasteiger partial charge is 0.416 e. The molecule has 0 radical (unpaired) electrons. The Morgan fingerprint density at radius 3 is 2.41 bits per heavy atom. The van der Waals surface area contributed by atoms with E-state index in [1.165, 1.54) is 25.3 Å². The van der Waals surface area contributed by atoms with E-state index in [0.29, 0.717) is 33.5 Å². The van der Waals surface area contributed by atoms with Crippen molar-refractivity contribution in [1.82, 2.24) is 9.71 Å². The maximum atomic E-state index is 14.0. The molecule has 1 aromatic heterocycles. The molecule has 1 saturated carbocycles. The van der Waals surface area contributed by atoms with Crippen molar-refractivity contribution < 1.29 is 31.1 Å². The number of sulfonamides is 1. The number of ether oxygens (including phenoxy) is 1. The van der Waals surface area contributed by atoms with Crippen molar-refractivity contribution in [3.8, 4) is 5.75 Å². The van der Waals surface area contributed by atoms with Gasteiger partial charge in [-0.1, -0.05) is 35.9 Å². The first-order valence-corrected chi connectivity index (χ1v) is 13.6. The minimum absolute atomic E-state index is 0.0982. The highest BCUT2D eigenvalue weighted by molar-refractivity contribution is 7.90. The van der Waals surface area contributed by atoms with Crippen LogP contribution in [0.3, 0.4) is 0 Å². The fourth-order valence-electron chi connectivity index (χ4n) is 5.14. The van der Waals surface area contributed by atoms with Gasteiger partial charge in [-0.15, -0.1) is 0 Å². The fourth-order valence-corrected chi connectivity index (χ4v) is 6.40. The van der Waals surface area contributed by atoms with Crippen molar-refractivity contribution >= 4 is 26.8 Å².